The zero-order valence-corrected chi connectivity index (χ0v) is 20.1. The van der Waals surface area contributed by atoms with E-state index >= 15 is 0 Å². The Balaban J connectivity index is 1.13. The van der Waals surface area contributed by atoms with Gasteiger partial charge in [0.15, 0.2) is 0 Å². The number of hydrogen-bond acceptors (Lipinski definition) is 0. The molecule has 0 bridgehead atoms. The molecule has 0 saturated carbocycles. The van der Waals surface area contributed by atoms with Gasteiger partial charge in [0.25, 0.3) is 0 Å². The first-order chi connectivity index (χ1) is 16.7. The second-order valence-electron chi connectivity index (χ2n) is 8.96. The van der Waals surface area contributed by atoms with E-state index in [-0.39, 0.29) is 0 Å². The number of aryl methyl sites for hydroxylation is 2. The second-order valence-corrected chi connectivity index (χ2v) is 8.96. The van der Waals surface area contributed by atoms with Gasteiger partial charge in [0.05, 0.1) is 13.1 Å². The van der Waals surface area contributed by atoms with Gasteiger partial charge < -0.3 is 0 Å². The van der Waals surface area contributed by atoms with E-state index in [1.54, 1.807) is 0 Å². The van der Waals surface area contributed by atoms with Crippen molar-refractivity contribution in [1.82, 2.24) is 9.13 Å². The molecule has 4 aromatic rings. The molecule has 0 unspecified atom stereocenters. The van der Waals surface area contributed by atoms with Crippen LogP contribution in [-0.4, -0.2) is 9.13 Å². The van der Waals surface area contributed by atoms with E-state index in [1.807, 2.05) is 12.2 Å². The third kappa shape index (κ3) is 6.92. The van der Waals surface area contributed by atoms with Crippen molar-refractivity contribution in [2.75, 3.05) is 0 Å². The zero-order valence-electron chi connectivity index (χ0n) is 20.1. The van der Waals surface area contributed by atoms with Crippen LogP contribution in [0.15, 0.2) is 99.1 Å². The summed E-state index contributed by atoms with van der Waals surface area (Å²) >= 11 is 0. The summed E-state index contributed by atoms with van der Waals surface area (Å²) in [5.74, 6) is 0. The molecule has 2 heterocycles. The minimum absolute atomic E-state index is 0.894. The van der Waals surface area contributed by atoms with Crippen LogP contribution >= 0.6 is 0 Å². The maximum absolute atomic E-state index is 3.86. The Morgan fingerprint density at radius 3 is 1.56 bits per heavy atom. The molecule has 4 nitrogen and oxygen atoms in total. The van der Waals surface area contributed by atoms with Crippen molar-refractivity contribution in [3.63, 3.8) is 0 Å². The van der Waals surface area contributed by atoms with Gasteiger partial charge in [-0.15, -0.1) is 0 Å². The maximum atomic E-state index is 3.86. The Hall–Kier alpha value is -3.66. The monoisotopic (exact) mass is 452 g/mol. The van der Waals surface area contributed by atoms with Crippen LogP contribution in [0.2, 0.25) is 0 Å². The highest BCUT2D eigenvalue weighted by Gasteiger charge is 2.07. The molecule has 34 heavy (non-hydrogen) atoms. The topological polar surface area (TPSA) is 17.6 Å². The summed E-state index contributed by atoms with van der Waals surface area (Å²) in [6, 6.07) is 17.1. The Bertz CT molecular complexity index is 1120. The lowest BCUT2D eigenvalue weighted by molar-refractivity contribution is -0.688. The minimum atomic E-state index is 0.894. The number of aromatic nitrogens is 4. The average molecular weight is 453 g/mol. The van der Waals surface area contributed by atoms with E-state index in [1.165, 1.54) is 47.9 Å². The van der Waals surface area contributed by atoms with Crippen LogP contribution in [0, 0.1) is 0 Å². The predicted octanol–water partition coefficient (Wildman–Crippen LogP) is 5.51. The molecule has 0 atom stereocenters. The first-order valence-corrected chi connectivity index (χ1v) is 12.2. The van der Waals surface area contributed by atoms with Gasteiger partial charge in [-0.1, -0.05) is 61.7 Å². The molecular formula is C30H36N4+2. The molecule has 0 aliphatic rings. The molecule has 0 radical (unpaired) electrons. The highest BCUT2D eigenvalue weighted by atomic mass is 15.1. The third-order valence-electron chi connectivity index (χ3n) is 6.18. The predicted molar refractivity (Wildman–Crippen MR) is 139 cm³/mol. The number of rotatable bonds is 13. The van der Waals surface area contributed by atoms with Crippen LogP contribution in [0.25, 0.3) is 12.2 Å². The first-order valence-electron chi connectivity index (χ1n) is 12.2. The Morgan fingerprint density at radius 1 is 0.647 bits per heavy atom. The molecule has 0 saturated heterocycles. The van der Waals surface area contributed by atoms with Gasteiger partial charge in [0, 0.05) is 0 Å². The third-order valence-corrected chi connectivity index (χ3v) is 6.18. The second kappa shape index (κ2) is 12.0. The molecule has 2 aromatic heterocycles. The van der Waals surface area contributed by atoms with Crippen molar-refractivity contribution < 1.29 is 9.13 Å². The molecule has 0 N–H and O–H groups in total. The highest BCUT2D eigenvalue weighted by molar-refractivity contribution is 5.48. The SMILES string of the molecule is C=Cc1cccc(C[n+]2ccn(CCCCCCn3cc[n+](Cc4cccc(C=C)c4)c3)c2)c1. The highest BCUT2D eigenvalue weighted by Crippen LogP contribution is 2.08. The number of unbranched alkanes of at least 4 members (excludes halogenated alkanes) is 3. The van der Waals surface area contributed by atoms with E-state index in [0.717, 1.165) is 26.2 Å². The standard InChI is InChI=1S/C30H36N4/c1-3-27-11-9-13-29(21-27)23-33-19-17-31(25-33)15-7-5-6-8-16-32-18-20-34(26-32)24-30-14-10-12-28(4-2)22-30/h3-4,9-14,17-22,25-26H,1-2,5-8,15-16,23-24H2/q+2. The molecule has 2 aromatic carbocycles. The van der Waals surface area contributed by atoms with Gasteiger partial charge in [-0.3, -0.25) is 0 Å². The molecule has 174 valence electrons. The van der Waals surface area contributed by atoms with Crippen LogP contribution in [0.1, 0.15) is 47.9 Å². The number of nitrogens with zero attached hydrogens (tertiary/aromatic N) is 4. The lowest BCUT2D eigenvalue weighted by Crippen LogP contribution is -2.31. The van der Waals surface area contributed by atoms with E-state index in [9.17, 15) is 0 Å². The van der Waals surface area contributed by atoms with Crippen LogP contribution < -0.4 is 9.13 Å². The largest absolute Gasteiger partial charge is 0.244 e. The normalized spacial score (nSPS) is 10.9. The molecule has 0 aliphatic carbocycles. The van der Waals surface area contributed by atoms with Gasteiger partial charge in [-0.25, -0.2) is 18.3 Å². The van der Waals surface area contributed by atoms with Crippen molar-refractivity contribution in [3.8, 4) is 0 Å². The Labute approximate surface area is 203 Å². The van der Waals surface area contributed by atoms with E-state index < -0.39 is 0 Å². The van der Waals surface area contributed by atoms with Crippen molar-refractivity contribution >= 4 is 12.2 Å². The summed E-state index contributed by atoms with van der Waals surface area (Å²) in [6.45, 7) is 11.7. The molecule has 0 spiro atoms. The molecule has 0 fully saturated rings. The van der Waals surface area contributed by atoms with E-state index in [4.69, 9.17) is 0 Å². The first kappa shape index (κ1) is 23.5. The number of imidazole rings is 2. The van der Waals surface area contributed by atoms with Crippen molar-refractivity contribution in [1.29, 1.82) is 0 Å². The quantitative estimate of drug-likeness (QED) is 0.188. The molecular weight excluding hydrogens is 416 g/mol. The molecule has 4 rings (SSSR count). The fourth-order valence-corrected chi connectivity index (χ4v) is 4.33. The van der Waals surface area contributed by atoms with Crippen molar-refractivity contribution in [2.45, 2.75) is 51.9 Å². The summed E-state index contributed by atoms with van der Waals surface area (Å²) < 4.78 is 9.09. The van der Waals surface area contributed by atoms with Crippen LogP contribution in [0.5, 0.6) is 0 Å². The van der Waals surface area contributed by atoms with Gasteiger partial charge in [-0.2, -0.15) is 0 Å². The summed E-state index contributed by atoms with van der Waals surface area (Å²) in [5.41, 5.74) is 4.95. The van der Waals surface area contributed by atoms with Crippen LogP contribution in [0.3, 0.4) is 0 Å². The summed E-state index contributed by atoms with van der Waals surface area (Å²) in [5, 5.41) is 0. The van der Waals surface area contributed by atoms with Gasteiger partial charge in [-0.05, 0) is 60.1 Å². The van der Waals surface area contributed by atoms with Crippen LogP contribution in [-0.2, 0) is 26.2 Å². The number of hydrogen-bond donors (Lipinski definition) is 0. The van der Waals surface area contributed by atoms with Gasteiger partial charge in [0.1, 0.15) is 37.9 Å². The summed E-state index contributed by atoms with van der Waals surface area (Å²) in [7, 11) is 0. The lowest BCUT2D eigenvalue weighted by atomic mass is 10.1. The molecule has 4 heteroatoms. The van der Waals surface area contributed by atoms with Crippen molar-refractivity contribution in [2.24, 2.45) is 0 Å². The summed E-state index contributed by atoms with van der Waals surface area (Å²) in [4.78, 5) is 0. The fraction of sp³-hybridized carbons (Fsp3) is 0.267. The van der Waals surface area contributed by atoms with Crippen molar-refractivity contribution in [3.05, 3.63) is 121 Å². The molecule has 0 amide bonds. The lowest BCUT2D eigenvalue weighted by Gasteiger charge is -2.01. The zero-order chi connectivity index (χ0) is 23.6. The maximum Gasteiger partial charge on any atom is 0.244 e. The van der Waals surface area contributed by atoms with Crippen LogP contribution in [0.4, 0.5) is 0 Å². The number of benzene rings is 2. The van der Waals surface area contributed by atoms with E-state index in [0.29, 0.717) is 0 Å². The molecule has 0 aliphatic heterocycles. The van der Waals surface area contributed by atoms with Gasteiger partial charge in [0.2, 0.25) is 12.7 Å². The van der Waals surface area contributed by atoms with Gasteiger partial charge >= 0.3 is 0 Å². The fourth-order valence-electron chi connectivity index (χ4n) is 4.33. The van der Waals surface area contributed by atoms with E-state index in [2.05, 4.69) is 117 Å². The minimum Gasteiger partial charge on any atom is -0.237 e. The Morgan fingerprint density at radius 2 is 1.12 bits per heavy atom. The summed E-state index contributed by atoms with van der Waals surface area (Å²) in [6.07, 6.45) is 21.9. The Kier molecular flexibility index (Phi) is 8.28. The average Bonchev–Trinajstić information content (AvgIpc) is 3.50. The smallest absolute Gasteiger partial charge is 0.237 e.